The number of pyridine rings is 1. The fourth-order valence-electron chi connectivity index (χ4n) is 3.05. The third-order valence-corrected chi connectivity index (χ3v) is 4.55. The summed E-state index contributed by atoms with van der Waals surface area (Å²) in [6, 6.07) is 1.82. The quantitative estimate of drug-likeness (QED) is 0.861. The molecule has 0 aromatic carbocycles. The average Bonchev–Trinajstić information content (AvgIpc) is 2.44. The molecule has 0 atom stereocenters. The molecule has 0 unspecified atom stereocenters. The van der Waals surface area contributed by atoms with Crippen LogP contribution in [-0.4, -0.2) is 23.0 Å². The number of aryl methyl sites for hydroxylation is 1. The smallest absolute Gasteiger partial charge is 0.198 e. The van der Waals surface area contributed by atoms with E-state index in [1.807, 2.05) is 19.9 Å². The van der Waals surface area contributed by atoms with Gasteiger partial charge in [0.2, 0.25) is 0 Å². The van der Waals surface area contributed by atoms with E-state index in [-0.39, 0.29) is 11.2 Å². The van der Waals surface area contributed by atoms with E-state index in [2.05, 4.69) is 18.8 Å². The molecule has 4 nitrogen and oxygen atoms in total. The number of nitrogens with zero attached hydrogens (tertiary/aromatic N) is 1. The summed E-state index contributed by atoms with van der Waals surface area (Å²) in [5, 5.41) is 0. The summed E-state index contributed by atoms with van der Waals surface area (Å²) in [5.74, 6) is 0.295. The minimum Gasteiger partial charge on any atom is -0.383 e. The Bertz CT molecular complexity index is 528. The highest BCUT2D eigenvalue weighted by Gasteiger charge is 2.45. The van der Waals surface area contributed by atoms with Crippen LogP contribution >= 0.6 is 0 Å². The normalized spacial score (nSPS) is 20.2. The zero-order valence-electron chi connectivity index (χ0n) is 13.5. The second-order valence-corrected chi connectivity index (χ2v) is 6.87. The molecule has 21 heavy (non-hydrogen) atoms. The molecular formula is C17H26N2O2. The van der Waals surface area contributed by atoms with Gasteiger partial charge in [-0.2, -0.15) is 0 Å². The molecule has 0 saturated heterocycles. The van der Waals surface area contributed by atoms with Crippen molar-refractivity contribution in [3.05, 3.63) is 23.4 Å². The molecule has 1 aromatic heterocycles. The van der Waals surface area contributed by atoms with Crippen molar-refractivity contribution in [3.63, 3.8) is 0 Å². The van der Waals surface area contributed by atoms with Gasteiger partial charge in [0.15, 0.2) is 5.78 Å². The van der Waals surface area contributed by atoms with E-state index in [9.17, 15) is 4.79 Å². The lowest BCUT2D eigenvalue weighted by Crippen LogP contribution is -2.46. The van der Waals surface area contributed by atoms with Gasteiger partial charge in [0.1, 0.15) is 11.4 Å². The Hall–Kier alpha value is -1.42. The summed E-state index contributed by atoms with van der Waals surface area (Å²) in [5.41, 5.74) is 6.91. The standard InChI is InChI=1S/C17H26N2O2/c1-5-21-17(8-6-16(3,4)7-9-17)14(20)13-10-12(2)11-19-15(13)18/h10-11H,5-9H2,1-4H3,(H2,18,19). The molecule has 0 aliphatic heterocycles. The van der Waals surface area contributed by atoms with Gasteiger partial charge in [-0.15, -0.1) is 0 Å². The molecule has 116 valence electrons. The number of Topliss-reactive ketones (excluding diaryl/α,β-unsaturated/α-hetero) is 1. The summed E-state index contributed by atoms with van der Waals surface area (Å²) < 4.78 is 5.94. The molecule has 1 heterocycles. The number of carbonyl (C=O) groups is 1. The first kappa shape index (κ1) is 16.0. The van der Waals surface area contributed by atoms with Crippen LogP contribution in [0.5, 0.6) is 0 Å². The van der Waals surface area contributed by atoms with E-state index in [4.69, 9.17) is 10.5 Å². The summed E-state index contributed by atoms with van der Waals surface area (Å²) in [6.45, 7) is 8.88. The molecular weight excluding hydrogens is 264 g/mol. The fourth-order valence-corrected chi connectivity index (χ4v) is 3.05. The maximum Gasteiger partial charge on any atom is 0.198 e. The molecule has 1 aliphatic carbocycles. The van der Waals surface area contributed by atoms with Gasteiger partial charge in [-0.25, -0.2) is 4.98 Å². The van der Waals surface area contributed by atoms with Crippen LogP contribution in [0.2, 0.25) is 0 Å². The Morgan fingerprint density at radius 2 is 1.95 bits per heavy atom. The Morgan fingerprint density at radius 1 is 1.33 bits per heavy atom. The first-order valence-electron chi connectivity index (χ1n) is 7.70. The van der Waals surface area contributed by atoms with Gasteiger partial charge in [0.25, 0.3) is 0 Å². The highest BCUT2D eigenvalue weighted by molar-refractivity contribution is 6.05. The zero-order chi connectivity index (χ0) is 15.7. The van der Waals surface area contributed by atoms with Gasteiger partial charge in [-0.3, -0.25) is 4.79 Å². The van der Waals surface area contributed by atoms with Gasteiger partial charge in [0, 0.05) is 12.8 Å². The van der Waals surface area contributed by atoms with Crippen molar-refractivity contribution in [3.8, 4) is 0 Å². The molecule has 0 bridgehead atoms. The molecule has 2 rings (SSSR count). The maximum absolute atomic E-state index is 13.1. The van der Waals surface area contributed by atoms with E-state index in [0.717, 1.165) is 31.2 Å². The van der Waals surface area contributed by atoms with E-state index >= 15 is 0 Å². The molecule has 2 N–H and O–H groups in total. The predicted octanol–water partition coefficient (Wildman–Crippen LogP) is 3.53. The minimum absolute atomic E-state index is 0.00597. The van der Waals surface area contributed by atoms with Crippen molar-refractivity contribution in [2.24, 2.45) is 5.41 Å². The second kappa shape index (κ2) is 5.76. The van der Waals surface area contributed by atoms with Crippen molar-refractivity contribution in [2.75, 3.05) is 12.3 Å². The molecule has 0 spiro atoms. The third-order valence-electron chi connectivity index (χ3n) is 4.55. The van der Waals surface area contributed by atoms with Crippen molar-refractivity contribution in [2.45, 2.75) is 59.0 Å². The summed E-state index contributed by atoms with van der Waals surface area (Å²) in [6.07, 6.45) is 5.15. The number of rotatable bonds is 4. The largest absolute Gasteiger partial charge is 0.383 e. The van der Waals surface area contributed by atoms with E-state index < -0.39 is 5.60 Å². The van der Waals surface area contributed by atoms with Gasteiger partial charge in [0.05, 0.1) is 5.56 Å². The van der Waals surface area contributed by atoms with Crippen molar-refractivity contribution < 1.29 is 9.53 Å². The van der Waals surface area contributed by atoms with Gasteiger partial charge >= 0.3 is 0 Å². The Balaban J connectivity index is 2.34. The first-order chi connectivity index (χ1) is 9.80. The van der Waals surface area contributed by atoms with Gasteiger partial charge in [-0.05, 0) is 56.6 Å². The van der Waals surface area contributed by atoms with Crippen LogP contribution in [0.25, 0.3) is 0 Å². The third kappa shape index (κ3) is 3.26. The number of anilines is 1. The lowest BCUT2D eigenvalue weighted by atomic mass is 9.68. The highest BCUT2D eigenvalue weighted by atomic mass is 16.5. The zero-order valence-corrected chi connectivity index (χ0v) is 13.5. The van der Waals surface area contributed by atoms with Crippen molar-refractivity contribution in [1.29, 1.82) is 0 Å². The number of nitrogen functional groups attached to an aromatic ring is 1. The minimum atomic E-state index is -0.728. The van der Waals surface area contributed by atoms with E-state index in [0.29, 0.717) is 18.0 Å². The van der Waals surface area contributed by atoms with E-state index in [1.54, 1.807) is 6.20 Å². The summed E-state index contributed by atoms with van der Waals surface area (Å²) in [7, 11) is 0. The Kier molecular flexibility index (Phi) is 4.38. The Labute approximate surface area is 127 Å². The molecule has 1 aromatic rings. The topological polar surface area (TPSA) is 65.2 Å². The van der Waals surface area contributed by atoms with Crippen LogP contribution in [0.3, 0.4) is 0 Å². The number of ketones is 1. The highest BCUT2D eigenvalue weighted by Crippen LogP contribution is 2.43. The lowest BCUT2D eigenvalue weighted by Gasteiger charge is -2.42. The van der Waals surface area contributed by atoms with Gasteiger partial charge < -0.3 is 10.5 Å². The number of ether oxygens (including phenoxy) is 1. The predicted molar refractivity (Wildman–Crippen MR) is 84.3 cm³/mol. The lowest BCUT2D eigenvalue weighted by molar-refractivity contribution is -0.0580. The second-order valence-electron chi connectivity index (χ2n) is 6.87. The van der Waals surface area contributed by atoms with Gasteiger partial charge in [-0.1, -0.05) is 13.8 Å². The monoisotopic (exact) mass is 290 g/mol. The fraction of sp³-hybridized carbons (Fsp3) is 0.647. The number of carbonyl (C=O) groups excluding carboxylic acids is 1. The number of aromatic nitrogens is 1. The number of nitrogens with two attached hydrogens (primary N) is 1. The Morgan fingerprint density at radius 3 is 2.52 bits per heavy atom. The van der Waals surface area contributed by atoms with Crippen molar-refractivity contribution in [1.82, 2.24) is 4.98 Å². The van der Waals surface area contributed by atoms with Crippen LogP contribution in [0.15, 0.2) is 12.3 Å². The molecule has 0 radical (unpaired) electrons. The number of hydrogen-bond donors (Lipinski definition) is 1. The van der Waals surface area contributed by atoms with Crippen LogP contribution in [-0.2, 0) is 4.74 Å². The van der Waals surface area contributed by atoms with Crippen LogP contribution in [0, 0.1) is 12.3 Å². The van der Waals surface area contributed by atoms with Crippen LogP contribution in [0.4, 0.5) is 5.82 Å². The van der Waals surface area contributed by atoms with Crippen molar-refractivity contribution >= 4 is 11.6 Å². The molecule has 1 fully saturated rings. The summed E-state index contributed by atoms with van der Waals surface area (Å²) in [4.78, 5) is 17.2. The van der Waals surface area contributed by atoms with Crippen LogP contribution in [0.1, 0.15) is 62.4 Å². The first-order valence-corrected chi connectivity index (χ1v) is 7.70. The summed E-state index contributed by atoms with van der Waals surface area (Å²) >= 11 is 0. The van der Waals surface area contributed by atoms with E-state index in [1.165, 1.54) is 0 Å². The molecule has 1 saturated carbocycles. The number of hydrogen-bond acceptors (Lipinski definition) is 4. The molecule has 1 aliphatic rings. The average molecular weight is 290 g/mol. The SMILES string of the molecule is CCOC1(C(=O)c2cc(C)cnc2N)CCC(C)(C)CC1. The molecule has 4 heteroatoms. The van der Waals surface area contributed by atoms with Crippen LogP contribution < -0.4 is 5.73 Å². The maximum atomic E-state index is 13.1. The molecule has 0 amide bonds.